The Hall–Kier alpha value is -8.98. The van der Waals surface area contributed by atoms with Gasteiger partial charge in [-0.3, -0.25) is 0 Å². The number of rotatable bonds is 8. The van der Waals surface area contributed by atoms with E-state index in [9.17, 15) is 0 Å². The van der Waals surface area contributed by atoms with Crippen LogP contribution in [0.4, 0.5) is 17.1 Å². The molecule has 14 rings (SSSR count). The molecule has 0 spiro atoms. The maximum absolute atomic E-state index is 2.52. The summed E-state index contributed by atoms with van der Waals surface area (Å²) in [5.74, 6) is 0. The molecule has 352 valence electrons. The molecule has 11 aromatic carbocycles. The van der Waals surface area contributed by atoms with E-state index in [2.05, 4.69) is 292 Å². The number of fused-ring (bicyclic) bond motifs is 8. The van der Waals surface area contributed by atoms with Crippen molar-refractivity contribution in [2.75, 3.05) is 4.90 Å². The molecule has 74 heavy (non-hydrogen) atoms. The standard InChI is InChI=1S/C72H54N2/c1-71(2)64-27-17-16-26-59(64)60-41-39-58(44-66(60)71)73(55-34-28-49(29-35-55)47-18-8-5-9-19-47)56-36-30-50(31-37-56)54-33-40-61-62-45-63-68(46-67(62)72(3,4)65(61)43-54)74(57-38-32-48-20-14-15-25-53(48)42-57)70(52-23-12-7-13-24-52)69(63)51-21-10-6-11-22-51/h5-46H,1-4H3. The van der Waals surface area contributed by atoms with Gasteiger partial charge in [-0.15, -0.1) is 0 Å². The number of hydrogen-bond acceptors (Lipinski definition) is 1. The van der Waals surface area contributed by atoms with Crippen LogP contribution in [0.1, 0.15) is 49.9 Å². The summed E-state index contributed by atoms with van der Waals surface area (Å²) in [6, 6.07) is 94.5. The third-order valence-electron chi connectivity index (χ3n) is 16.4. The Morgan fingerprint density at radius 1 is 0.311 bits per heavy atom. The third-order valence-corrected chi connectivity index (χ3v) is 16.4. The molecular formula is C72H54N2. The van der Waals surface area contributed by atoms with Crippen molar-refractivity contribution in [1.29, 1.82) is 0 Å². The lowest BCUT2D eigenvalue weighted by atomic mass is 9.81. The van der Waals surface area contributed by atoms with Gasteiger partial charge >= 0.3 is 0 Å². The van der Waals surface area contributed by atoms with E-state index < -0.39 is 0 Å². The smallest absolute Gasteiger partial charge is 0.0619 e. The zero-order valence-corrected chi connectivity index (χ0v) is 42.1. The monoisotopic (exact) mass is 946 g/mol. The molecule has 0 unspecified atom stereocenters. The Kier molecular flexibility index (Phi) is 9.94. The van der Waals surface area contributed by atoms with Gasteiger partial charge in [0.2, 0.25) is 0 Å². The predicted octanol–water partition coefficient (Wildman–Crippen LogP) is 19.5. The third kappa shape index (κ3) is 6.86. The van der Waals surface area contributed by atoms with Gasteiger partial charge in [-0.05, 0) is 155 Å². The summed E-state index contributed by atoms with van der Waals surface area (Å²) in [7, 11) is 0. The first kappa shape index (κ1) is 43.8. The molecule has 0 atom stereocenters. The Labute approximate surface area is 434 Å². The maximum Gasteiger partial charge on any atom is 0.0619 e. The van der Waals surface area contributed by atoms with Crippen molar-refractivity contribution in [3.8, 4) is 72.6 Å². The zero-order chi connectivity index (χ0) is 49.7. The quantitative estimate of drug-likeness (QED) is 0.147. The molecule has 2 heteroatoms. The van der Waals surface area contributed by atoms with Crippen LogP contribution in [0.25, 0.3) is 94.3 Å². The van der Waals surface area contributed by atoms with E-state index in [0.29, 0.717) is 0 Å². The average molecular weight is 947 g/mol. The normalized spacial score (nSPS) is 13.6. The van der Waals surface area contributed by atoms with E-state index in [1.165, 1.54) is 111 Å². The second-order valence-corrected chi connectivity index (χ2v) is 21.3. The number of hydrogen-bond donors (Lipinski definition) is 0. The van der Waals surface area contributed by atoms with Gasteiger partial charge in [0.1, 0.15) is 0 Å². The molecular weight excluding hydrogens is 893 g/mol. The summed E-state index contributed by atoms with van der Waals surface area (Å²) in [6.07, 6.45) is 0. The molecule has 0 bridgehead atoms. The largest absolute Gasteiger partial charge is 0.310 e. The van der Waals surface area contributed by atoms with Crippen LogP contribution in [-0.2, 0) is 10.8 Å². The van der Waals surface area contributed by atoms with Gasteiger partial charge in [0, 0.05) is 44.5 Å². The van der Waals surface area contributed by atoms with Crippen molar-refractivity contribution in [1.82, 2.24) is 4.57 Å². The van der Waals surface area contributed by atoms with E-state index >= 15 is 0 Å². The van der Waals surface area contributed by atoms with Gasteiger partial charge in [0.05, 0.1) is 11.2 Å². The summed E-state index contributed by atoms with van der Waals surface area (Å²) in [4.78, 5) is 2.42. The van der Waals surface area contributed by atoms with Gasteiger partial charge in [-0.25, -0.2) is 0 Å². The van der Waals surface area contributed by atoms with Crippen molar-refractivity contribution in [3.63, 3.8) is 0 Å². The molecule has 1 heterocycles. The van der Waals surface area contributed by atoms with Crippen molar-refractivity contribution in [2.45, 2.75) is 38.5 Å². The molecule has 0 radical (unpaired) electrons. The number of nitrogens with zero attached hydrogens (tertiary/aromatic N) is 2. The van der Waals surface area contributed by atoms with Crippen LogP contribution in [0.2, 0.25) is 0 Å². The molecule has 0 N–H and O–H groups in total. The fourth-order valence-electron chi connectivity index (χ4n) is 12.6. The van der Waals surface area contributed by atoms with Gasteiger partial charge in [0.15, 0.2) is 0 Å². The van der Waals surface area contributed by atoms with Crippen molar-refractivity contribution in [3.05, 3.63) is 277 Å². The SMILES string of the molecule is CC1(C)c2ccccc2-c2ccc(N(c3ccc(-c4ccccc4)cc3)c3ccc(-c4ccc5c(c4)C(C)(C)c4cc6c(cc4-5)c(-c4ccccc4)c(-c4ccccc4)n6-c4ccc5ccccc5c4)cc3)cc21. The molecule has 2 aliphatic carbocycles. The van der Waals surface area contributed by atoms with Crippen molar-refractivity contribution in [2.24, 2.45) is 0 Å². The molecule has 2 aliphatic rings. The van der Waals surface area contributed by atoms with E-state index in [4.69, 9.17) is 0 Å². The highest BCUT2D eigenvalue weighted by Gasteiger charge is 2.38. The highest BCUT2D eigenvalue weighted by molar-refractivity contribution is 6.09. The molecule has 1 aromatic heterocycles. The minimum atomic E-state index is -0.253. The van der Waals surface area contributed by atoms with E-state index in [1.54, 1.807) is 0 Å². The number of anilines is 3. The van der Waals surface area contributed by atoms with Crippen molar-refractivity contribution < 1.29 is 0 Å². The van der Waals surface area contributed by atoms with Crippen LogP contribution < -0.4 is 4.90 Å². The zero-order valence-electron chi connectivity index (χ0n) is 42.1. The van der Waals surface area contributed by atoms with E-state index in [0.717, 1.165) is 22.7 Å². The summed E-state index contributed by atoms with van der Waals surface area (Å²) >= 11 is 0. The highest BCUT2D eigenvalue weighted by Crippen LogP contribution is 2.55. The van der Waals surface area contributed by atoms with Crippen LogP contribution in [-0.4, -0.2) is 4.57 Å². The topological polar surface area (TPSA) is 8.17 Å². The predicted molar refractivity (Wildman–Crippen MR) is 312 cm³/mol. The van der Waals surface area contributed by atoms with Crippen LogP contribution in [0.15, 0.2) is 255 Å². The number of benzene rings is 11. The second kappa shape index (κ2) is 16.8. The lowest BCUT2D eigenvalue weighted by Gasteiger charge is -2.28. The summed E-state index contributed by atoms with van der Waals surface area (Å²) in [5, 5.41) is 3.72. The summed E-state index contributed by atoms with van der Waals surface area (Å²) in [6.45, 7) is 9.54. The van der Waals surface area contributed by atoms with Crippen LogP contribution in [0, 0.1) is 0 Å². The van der Waals surface area contributed by atoms with E-state index in [1.807, 2.05) is 0 Å². The molecule has 12 aromatic rings. The van der Waals surface area contributed by atoms with E-state index in [-0.39, 0.29) is 10.8 Å². The average Bonchev–Trinajstić information content (AvgIpc) is 4.01. The molecule has 0 aliphatic heterocycles. The molecule has 2 nitrogen and oxygen atoms in total. The van der Waals surface area contributed by atoms with Crippen LogP contribution in [0.3, 0.4) is 0 Å². The lowest BCUT2D eigenvalue weighted by Crippen LogP contribution is -2.16. The van der Waals surface area contributed by atoms with Crippen molar-refractivity contribution >= 4 is 38.7 Å². The van der Waals surface area contributed by atoms with Gasteiger partial charge in [-0.2, -0.15) is 0 Å². The minimum Gasteiger partial charge on any atom is -0.310 e. The molecule has 0 amide bonds. The Bertz CT molecular complexity index is 4140. The molecule has 0 saturated heterocycles. The highest BCUT2D eigenvalue weighted by atomic mass is 15.1. The van der Waals surface area contributed by atoms with Gasteiger partial charge in [-0.1, -0.05) is 216 Å². The first-order chi connectivity index (χ1) is 36.2. The summed E-state index contributed by atoms with van der Waals surface area (Å²) < 4.78 is 2.52. The van der Waals surface area contributed by atoms with Crippen LogP contribution >= 0.6 is 0 Å². The Balaban J connectivity index is 0.879. The fraction of sp³-hybridized carbons (Fsp3) is 0.0833. The van der Waals surface area contributed by atoms with Gasteiger partial charge < -0.3 is 9.47 Å². The first-order valence-electron chi connectivity index (χ1n) is 26.0. The minimum absolute atomic E-state index is 0.113. The van der Waals surface area contributed by atoms with Crippen LogP contribution in [0.5, 0.6) is 0 Å². The lowest BCUT2D eigenvalue weighted by molar-refractivity contribution is 0.660. The number of aromatic nitrogens is 1. The molecule has 0 fully saturated rings. The second-order valence-electron chi connectivity index (χ2n) is 21.3. The van der Waals surface area contributed by atoms with Gasteiger partial charge in [0.25, 0.3) is 0 Å². The maximum atomic E-state index is 2.52. The Morgan fingerprint density at radius 3 is 1.50 bits per heavy atom. The first-order valence-corrected chi connectivity index (χ1v) is 26.0. The molecule has 0 saturated carbocycles. The fourth-order valence-corrected chi connectivity index (χ4v) is 12.6. The summed E-state index contributed by atoms with van der Waals surface area (Å²) in [5.41, 5.74) is 25.8. The Morgan fingerprint density at radius 2 is 0.797 bits per heavy atom.